The Hall–Kier alpha value is -1.65. The number of benzene rings is 1. The average Bonchev–Trinajstić information content (AvgIpc) is 1.94. The van der Waals surface area contributed by atoms with Gasteiger partial charge in [0.2, 0.25) is 0 Å². The highest BCUT2D eigenvalue weighted by atomic mass is 19.1. The Morgan fingerprint density at radius 3 is 1.33 bits per heavy atom. The van der Waals surface area contributed by atoms with E-state index in [1.54, 1.807) is 0 Å². The molecule has 0 aliphatic carbocycles. The van der Waals surface area contributed by atoms with Crippen LogP contribution in [0.5, 0.6) is 0 Å². The molecule has 0 heterocycles. The first kappa shape index (κ1) is 10.3. The smallest absolute Gasteiger partial charge is 0.309 e. The highest BCUT2D eigenvalue weighted by molar-refractivity contribution is 5.69. The first-order valence-corrected chi connectivity index (χ1v) is 2.98. The van der Waals surface area contributed by atoms with Gasteiger partial charge in [0.1, 0.15) is 11.6 Å². The Labute approximate surface area is 68.0 Å². The molecule has 0 saturated carbocycles. The molecule has 1 aromatic rings. The van der Waals surface area contributed by atoms with Gasteiger partial charge in [0.25, 0.3) is 0 Å². The molecule has 0 unspecified atom stereocenters. The lowest BCUT2D eigenvalue weighted by Gasteiger charge is -1.83. The van der Waals surface area contributed by atoms with Crippen LogP contribution in [0.1, 0.15) is 0 Å². The zero-order valence-electron chi connectivity index (χ0n) is 6.13. The van der Waals surface area contributed by atoms with Crippen LogP contribution < -0.4 is 11.5 Å². The Morgan fingerprint density at radius 1 is 1.00 bits per heavy atom. The third-order valence-corrected chi connectivity index (χ3v) is 0.804. The van der Waals surface area contributed by atoms with Crippen molar-refractivity contribution in [3.8, 4) is 0 Å². The van der Waals surface area contributed by atoms with Crippen LogP contribution in [0.3, 0.4) is 0 Å². The number of nitrogens with two attached hydrogens (primary N) is 2. The molecule has 12 heavy (non-hydrogen) atoms. The van der Waals surface area contributed by atoms with Crippen molar-refractivity contribution in [1.82, 2.24) is 0 Å². The Bertz CT molecular complexity index is 223. The molecule has 0 fully saturated rings. The minimum atomic E-state index is -0.833. The van der Waals surface area contributed by atoms with E-state index in [0.717, 1.165) is 24.3 Å². The maximum Gasteiger partial charge on any atom is 0.309 e. The molecule has 66 valence electrons. The van der Waals surface area contributed by atoms with Crippen LogP contribution in [0.4, 0.5) is 13.6 Å². The van der Waals surface area contributed by atoms with E-state index in [1.165, 1.54) is 0 Å². The Morgan fingerprint density at radius 2 is 1.17 bits per heavy atom. The molecule has 0 bridgehead atoms. The molecule has 0 atom stereocenters. The van der Waals surface area contributed by atoms with Gasteiger partial charge in [0.15, 0.2) is 0 Å². The number of halogens is 2. The molecular weight excluding hydrogens is 166 g/mol. The minimum Gasteiger partial charge on any atom is -0.352 e. The maximum atomic E-state index is 11.9. The molecule has 1 aromatic carbocycles. The topological polar surface area (TPSA) is 69.1 Å². The Balaban J connectivity index is 0.000000261. The summed E-state index contributed by atoms with van der Waals surface area (Å²) in [6.45, 7) is 0. The van der Waals surface area contributed by atoms with Crippen molar-refractivity contribution in [3.63, 3.8) is 0 Å². The van der Waals surface area contributed by atoms with Crippen LogP contribution in [0.2, 0.25) is 0 Å². The van der Waals surface area contributed by atoms with Gasteiger partial charge in [-0.1, -0.05) is 0 Å². The lowest BCUT2D eigenvalue weighted by molar-refractivity contribution is 0.256. The zero-order chi connectivity index (χ0) is 9.56. The fourth-order valence-electron chi connectivity index (χ4n) is 0.430. The molecular formula is C7H8F2N2O. The van der Waals surface area contributed by atoms with Crippen molar-refractivity contribution >= 4 is 6.03 Å². The van der Waals surface area contributed by atoms with E-state index in [-0.39, 0.29) is 0 Å². The Kier molecular flexibility index (Phi) is 4.36. The molecule has 0 aromatic heterocycles. The number of carbonyl (C=O) groups is 1. The number of carbonyl (C=O) groups excluding carboxylic acids is 1. The van der Waals surface area contributed by atoms with Crippen molar-refractivity contribution in [1.29, 1.82) is 0 Å². The number of urea groups is 1. The van der Waals surface area contributed by atoms with Crippen LogP contribution in [-0.4, -0.2) is 6.03 Å². The molecule has 0 spiro atoms. The first-order chi connectivity index (χ1) is 5.52. The van der Waals surface area contributed by atoms with E-state index in [9.17, 15) is 8.78 Å². The van der Waals surface area contributed by atoms with E-state index in [1.807, 2.05) is 0 Å². The van der Waals surface area contributed by atoms with Crippen LogP contribution in [0.25, 0.3) is 0 Å². The van der Waals surface area contributed by atoms with Gasteiger partial charge >= 0.3 is 6.03 Å². The fourth-order valence-corrected chi connectivity index (χ4v) is 0.430. The van der Waals surface area contributed by atoms with E-state index in [0.29, 0.717) is 0 Å². The van der Waals surface area contributed by atoms with Crippen LogP contribution >= 0.6 is 0 Å². The predicted molar refractivity (Wildman–Crippen MR) is 40.1 cm³/mol. The van der Waals surface area contributed by atoms with Gasteiger partial charge < -0.3 is 11.5 Å². The highest BCUT2D eigenvalue weighted by Crippen LogP contribution is 1.98. The number of amides is 2. The summed E-state index contributed by atoms with van der Waals surface area (Å²) in [6.07, 6.45) is 0. The van der Waals surface area contributed by atoms with Gasteiger partial charge in [-0.3, -0.25) is 0 Å². The van der Waals surface area contributed by atoms with Gasteiger partial charge in [-0.25, -0.2) is 13.6 Å². The molecule has 4 N–H and O–H groups in total. The van der Waals surface area contributed by atoms with Crippen molar-refractivity contribution in [3.05, 3.63) is 35.9 Å². The van der Waals surface area contributed by atoms with Crippen LogP contribution in [-0.2, 0) is 0 Å². The van der Waals surface area contributed by atoms with Gasteiger partial charge in [-0.05, 0) is 24.3 Å². The number of hydrogen-bond donors (Lipinski definition) is 2. The van der Waals surface area contributed by atoms with Crippen molar-refractivity contribution < 1.29 is 13.6 Å². The first-order valence-electron chi connectivity index (χ1n) is 2.98. The summed E-state index contributed by atoms with van der Waals surface area (Å²) in [5.74, 6) is -0.821. The van der Waals surface area contributed by atoms with Gasteiger partial charge in [0, 0.05) is 0 Å². The second-order valence-corrected chi connectivity index (χ2v) is 1.84. The summed E-state index contributed by atoms with van der Waals surface area (Å²) in [5, 5.41) is 0. The summed E-state index contributed by atoms with van der Waals surface area (Å²) in [6, 6.07) is 3.48. The second kappa shape index (κ2) is 5.06. The SMILES string of the molecule is Fc1ccc(F)cc1.NC(N)=O. The number of rotatable bonds is 0. The van der Waals surface area contributed by atoms with E-state index in [2.05, 4.69) is 11.5 Å². The summed E-state index contributed by atoms with van der Waals surface area (Å²) in [4.78, 5) is 9.00. The normalized spacial score (nSPS) is 8.17. The van der Waals surface area contributed by atoms with Crippen molar-refractivity contribution in [2.45, 2.75) is 0 Å². The van der Waals surface area contributed by atoms with E-state index in [4.69, 9.17) is 4.79 Å². The quantitative estimate of drug-likeness (QED) is 0.605. The number of hydrogen-bond acceptors (Lipinski definition) is 1. The molecule has 0 aliphatic heterocycles. The molecule has 2 amide bonds. The van der Waals surface area contributed by atoms with Crippen LogP contribution in [0, 0.1) is 11.6 Å². The largest absolute Gasteiger partial charge is 0.352 e. The summed E-state index contributed by atoms with van der Waals surface area (Å²) >= 11 is 0. The fraction of sp³-hybridized carbons (Fsp3) is 0. The third-order valence-electron chi connectivity index (χ3n) is 0.804. The molecule has 1 rings (SSSR count). The van der Waals surface area contributed by atoms with E-state index < -0.39 is 17.7 Å². The number of primary amides is 2. The molecule has 0 aliphatic rings. The van der Waals surface area contributed by atoms with Gasteiger partial charge in [-0.2, -0.15) is 0 Å². The predicted octanol–water partition coefficient (Wildman–Crippen LogP) is 0.989. The molecule has 0 radical (unpaired) electrons. The second-order valence-electron chi connectivity index (χ2n) is 1.84. The lowest BCUT2D eigenvalue weighted by Crippen LogP contribution is -2.18. The minimum absolute atomic E-state index is 0.411. The summed E-state index contributed by atoms with van der Waals surface area (Å²) in [7, 11) is 0. The molecule has 3 nitrogen and oxygen atoms in total. The van der Waals surface area contributed by atoms with Gasteiger partial charge in [-0.15, -0.1) is 0 Å². The zero-order valence-corrected chi connectivity index (χ0v) is 6.13. The van der Waals surface area contributed by atoms with Crippen molar-refractivity contribution in [2.24, 2.45) is 11.5 Å². The standard InChI is InChI=1S/C6H4F2.CH4N2O/c7-5-1-2-6(8)4-3-5;2-1(3)4/h1-4H;(H4,2,3,4). The molecule has 5 heteroatoms. The van der Waals surface area contributed by atoms with E-state index >= 15 is 0 Å². The summed E-state index contributed by atoms with van der Waals surface area (Å²) in [5.41, 5.74) is 8.50. The average molecular weight is 174 g/mol. The van der Waals surface area contributed by atoms with Crippen LogP contribution in [0.15, 0.2) is 24.3 Å². The monoisotopic (exact) mass is 174 g/mol. The molecule has 0 saturated heterocycles. The van der Waals surface area contributed by atoms with Crippen molar-refractivity contribution in [2.75, 3.05) is 0 Å². The lowest BCUT2D eigenvalue weighted by atomic mass is 10.3. The third kappa shape index (κ3) is 6.47. The highest BCUT2D eigenvalue weighted by Gasteiger charge is 1.86. The van der Waals surface area contributed by atoms with Gasteiger partial charge in [0.05, 0.1) is 0 Å². The summed E-state index contributed by atoms with van der Waals surface area (Å²) < 4.78 is 23.8. The maximum absolute atomic E-state index is 11.9.